The number of rotatable bonds is 9. The van der Waals surface area contributed by atoms with Crippen molar-refractivity contribution in [2.24, 2.45) is 0 Å². The van der Waals surface area contributed by atoms with Gasteiger partial charge in [0, 0.05) is 19.0 Å². The summed E-state index contributed by atoms with van der Waals surface area (Å²) in [4.78, 5) is 41.4. The molecule has 0 saturated carbocycles. The summed E-state index contributed by atoms with van der Waals surface area (Å²) in [7, 11) is -4.19. The van der Waals surface area contributed by atoms with Gasteiger partial charge in [0.05, 0.1) is 5.56 Å². The number of carbonyl (C=O) groups is 3. The van der Waals surface area contributed by atoms with Gasteiger partial charge in [0.25, 0.3) is 15.9 Å². The molecule has 0 bridgehead atoms. The van der Waals surface area contributed by atoms with E-state index < -0.39 is 34.4 Å². The third kappa shape index (κ3) is 5.72. The van der Waals surface area contributed by atoms with Crippen molar-refractivity contribution in [3.05, 3.63) is 102 Å². The number of sulfonamides is 1. The van der Waals surface area contributed by atoms with E-state index in [-0.39, 0.29) is 35.4 Å². The Morgan fingerprint density at radius 3 is 2.03 bits per heavy atom. The van der Waals surface area contributed by atoms with Crippen LogP contribution in [-0.4, -0.2) is 54.0 Å². The summed E-state index contributed by atoms with van der Waals surface area (Å²) in [6.07, 6.45) is 0.221. The number of carbonyl (C=O) groups excluding carboxylic acids is 3. The molecular weight excluding hydrogens is 490 g/mol. The molecule has 0 radical (unpaired) electrons. The summed E-state index contributed by atoms with van der Waals surface area (Å²) >= 11 is 0. The van der Waals surface area contributed by atoms with Gasteiger partial charge in [-0.05, 0) is 37.1 Å². The highest BCUT2D eigenvalue weighted by molar-refractivity contribution is 7.90. The quantitative estimate of drug-likeness (QED) is 0.468. The van der Waals surface area contributed by atoms with Crippen LogP contribution in [0.15, 0.2) is 89.8 Å². The lowest BCUT2D eigenvalue weighted by molar-refractivity contribution is -0.141. The van der Waals surface area contributed by atoms with Gasteiger partial charge in [0.15, 0.2) is 0 Å². The number of nitrogens with zero attached hydrogens (tertiary/aromatic N) is 2. The molecule has 37 heavy (non-hydrogen) atoms. The largest absolute Gasteiger partial charge is 0.352 e. The van der Waals surface area contributed by atoms with Crippen LogP contribution in [0.1, 0.15) is 35.3 Å². The summed E-state index contributed by atoms with van der Waals surface area (Å²) in [5.41, 5.74) is 1.64. The molecule has 0 aliphatic carbocycles. The molecule has 4 rings (SSSR count). The summed E-state index contributed by atoms with van der Waals surface area (Å²) < 4.78 is 26.8. The van der Waals surface area contributed by atoms with Gasteiger partial charge < -0.3 is 10.2 Å². The molecule has 1 atom stereocenters. The smallest absolute Gasteiger partial charge is 0.269 e. The second-order valence-electron chi connectivity index (χ2n) is 9.19. The predicted octanol–water partition coefficient (Wildman–Crippen LogP) is 3.00. The van der Waals surface area contributed by atoms with Gasteiger partial charge in [0.2, 0.25) is 11.8 Å². The molecule has 1 aliphatic rings. The van der Waals surface area contributed by atoms with Crippen molar-refractivity contribution in [2.75, 3.05) is 6.54 Å². The molecule has 0 unspecified atom stereocenters. The van der Waals surface area contributed by atoms with Crippen molar-refractivity contribution in [3.8, 4) is 0 Å². The lowest BCUT2D eigenvalue weighted by atomic mass is 10.0. The van der Waals surface area contributed by atoms with E-state index in [1.54, 1.807) is 6.07 Å². The van der Waals surface area contributed by atoms with E-state index in [2.05, 4.69) is 5.32 Å². The normalized spacial score (nSPS) is 14.8. The maximum Gasteiger partial charge on any atom is 0.269 e. The molecular formula is C28H29N3O5S. The summed E-state index contributed by atoms with van der Waals surface area (Å²) in [6, 6.07) is 23.2. The van der Waals surface area contributed by atoms with Crippen molar-refractivity contribution < 1.29 is 22.8 Å². The lowest BCUT2D eigenvalue weighted by Gasteiger charge is -2.33. The number of hydrogen-bond acceptors (Lipinski definition) is 5. The molecule has 0 spiro atoms. The molecule has 192 valence electrons. The van der Waals surface area contributed by atoms with Crippen LogP contribution in [0.4, 0.5) is 0 Å². The van der Waals surface area contributed by atoms with Gasteiger partial charge >= 0.3 is 0 Å². The first-order valence-electron chi connectivity index (χ1n) is 12.0. The molecule has 3 amide bonds. The van der Waals surface area contributed by atoms with E-state index in [4.69, 9.17) is 0 Å². The Labute approximate surface area is 217 Å². The Hall–Kier alpha value is -3.98. The van der Waals surface area contributed by atoms with Gasteiger partial charge in [-0.3, -0.25) is 14.4 Å². The fraction of sp³-hybridized carbons (Fsp3) is 0.250. The van der Waals surface area contributed by atoms with Gasteiger partial charge in [-0.2, -0.15) is 0 Å². The topological polar surface area (TPSA) is 104 Å². The molecule has 8 nitrogen and oxygen atoms in total. The maximum atomic E-state index is 13.8. The number of benzene rings is 3. The summed E-state index contributed by atoms with van der Waals surface area (Å²) in [5, 5.41) is 2.89. The minimum absolute atomic E-state index is 0.0308. The molecule has 3 aromatic carbocycles. The zero-order valence-corrected chi connectivity index (χ0v) is 21.5. The predicted molar refractivity (Wildman–Crippen MR) is 139 cm³/mol. The average Bonchev–Trinajstić information content (AvgIpc) is 3.07. The molecule has 9 heteroatoms. The first-order valence-corrected chi connectivity index (χ1v) is 13.5. The van der Waals surface area contributed by atoms with Crippen molar-refractivity contribution in [1.82, 2.24) is 14.5 Å². The molecule has 0 aromatic heterocycles. The van der Waals surface area contributed by atoms with Gasteiger partial charge in [0.1, 0.15) is 17.5 Å². The van der Waals surface area contributed by atoms with Crippen LogP contribution in [0.25, 0.3) is 0 Å². The third-order valence-corrected chi connectivity index (χ3v) is 7.88. The van der Waals surface area contributed by atoms with Crippen LogP contribution in [-0.2, 0) is 32.6 Å². The number of nitrogens with one attached hydrogen (secondary N) is 1. The minimum Gasteiger partial charge on any atom is -0.352 e. The Bertz CT molecular complexity index is 1390. The summed E-state index contributed by atoms with van der Waals surface area (Å²) in [5.74, 6) is -1.76. The lowest BCUT2D eigenvalue weighted by Crippen LogP contribution is -2.54. The molecule has 0 saturated heterocycles. The number of fused-ring (bicyclic) bond motifs is 1. The van der Waals surface area contributed by atoms with Crippen LogP contribution in [0.2, 0.25) is 0 Å². The zero-order valence-electron chi connectivity index (χ0n) is 20.7. The fourth-order valence-corrected chi connectivity index (χ4v) is 5.83. The van der Waals surface area contributed by atoms with Crippen molar-refractivity contribution in [2.45, 2.75) is 43.8 Å². The van der Waals surface area contributed by atoms with Gasteiger partial charge in [-0.25, -0.2) is 12.7 Å². The Morgan fingerprint density at radius 2 is 1.43 bits per heavy atom. The second kappa shape index (κ2) is 11.0. The minimum atomic E-state index is -4.19. The molecule has 1 aliphatic heterocycles. The Balaban J connectivity index is 1.70. The number of hydrogen-bond donors (Lipinski definition) is 1. The van der Waals surface area contributed by atoms with Crippen LogP contribution in [0.5, 0.6) is 0 Å². The van der Waals surface area contributed by atoms with E-state index in [1.165, 1.54) is 23.1 Å². The first kappa shape index (κ1) is 26.1. The highest BCUT2D eigenvalue weighted by Gasteiger charge is 2.43. The van der Waals surface area contributed by atoms with Crippen molar-refractivity contribution in [3.63, 3.8) is 0 Å². The zero-order chi connectivity index (χ0) is 26.6. The molecule has 1 N–H and O–H groups in total. The second-order valence-corrected chi connectivity index (χ2v) is 11.0. The van der Waals surface area contributed by atoms with Crippen LogP contribution < -0.4 is 5.32 Å². The molecule has 1 heterocycles. The number of amides is 3. The Morgan fingerprint density at radius 1 is 0.865 bits per heavy atom. The van der Waals surface area contributed by atoms with Gasteiger partial charge in [-0.15, -0.1) is 0 Å². The van der Waals surface area contributed by atoms with E-state index in [0.717, 1.165) is 11.1 Å². The van der Waals surface area contributed by atoms with E-state index in [1.807, 2.05) is 74.5 Å². The summed E-state index contributed by atoms with van der Waals surface area (Å²) in [6.45, 7) is 3.02. The van der Waals surface area contributed by atoms with Crippen LogP contribution >= 0.6 is 0 Å². The van der Waals surface area contributed by atoms with Crippen LogP contribution in [0, 0.1) is 0 Å². The highest BCUT2D eigenvalue weighted by Crippen LogP contribution is 2.30. The fourth-order valence-electron chi connectivity index (χ4n) is 4.32. The van der Waals surface area contributed by atoms with Crippen molar-refractivity contribution in [1.29, 1.82) is 0 Å². The highest BCUT2D eigenvalue weighted by atomic mass is 32.2. The maximum absolute atomic E-state index is 13.8. The SMILES string of the molecule is CC(C)NC(=O)[C@@H](Cc1ccccc1)N(Cc1ccccc1)C(=O)CN1C(=O)c2ccccc2S1(=O)=O. The van der Waals surface area contributed by atoms with E-state index >= 15 is 0 Å². The van der Waals surface area contributed by atoms with E-state index in [9.17, 15) is 22.8 Å². The van der Waals surface area contributed by atoms with Crippen molar-refractivity contribution >= 4 is 27.7 Å². The standard InChI is InChI=1S/C28H29N3O5S/c1-20(2)29-27(33)24(17-21-11-5-3-6-12-21)30(18-22-13-7-4-8-14-22)26(32)19-31-28(34)23-15-9-10-16-25(23)37(31,35)36/h3-16,20,24H,17-19H2,1-2H3,(H,29,33)/t24-/m1/s1. The third-order valence-electron chi connectivity index (χ3n) is 6.09. The van der Waals surface area contributed by atoms with Gasteiger partial charge in [-0.1, -0.05) is 72.8 Å². The monoisotopic (exact) mass is 519 g/mol. The van der Waals surface area contributed by atoms with Crippen LogP contribution in [0.3, 0.4) is 0 Å². The molecule has 3 aromatic rings. The first-order chi connectivity index (χ1) is 17.7. The Kier molecular flexibility index (Phi) is 7.73. The van der Waals surface area contributed by atoms with E-state index in [0.29, 0.717) is 4.31 Å². The molecule has 0 fully saturated rings. The average molecular weight is 520 g/mol.